The number of hydrogen-bond donors (Lipinski definition) is 0. The average molecular weight is 296 g/mol. The molecule has 0 bridgehead atoms. The first-order chi connectivity index (χ1) is 10.6. The second kappa shape index (κ2) is 5.76. The largest absolute Gasteiger partial charge is 0.465 e. The number of esters is 1. The normalized spacial score (nSPS) is 13.7. The summed E-state index contributed by atoms with van der Waals surface area (Å²) in [5.74, 6) is -0.156. The third-order valence-corrected chi connectivity index (χ3v) is 4.02. The van der Waals surface area contributed by atoms with Crippen LogP contribution in [-0.4, -0.2) is 13.1 Å². The van der Waals surface area contributed by atoms with Crippen molar-refractivity contribution < 1.29 is 13.9 Å². The minimum Gasteiger partial charge on any atom is -0.465 e. The van der Waals surface area contributed by atoms with Gasteiger partial charge in [0, 0.05) is 0 Å². The van der Waals surface area contributed by atoms with E-state index in [1.807, 2.05) is 12.1 Å². The fourth-order valence-electron chi connectivity index (χ4n) is 2.70. The van der Waals surface area contributed by atoms with Gasteiger partial charge in [0.25, 0.3) is 0 Å². The zero-order valence-corrected chi connectivity index (χ0v) is 12.4. The molecule has 1 aliphatic carbocycles. The SMILES string of the molecule is C=Cc1cc(-c2ccc(F)cc2)c(C2CC2)cc1C(=O)OC. The lowest BCUT2D eigenvalue weighted by molar-refractivity contribution is 0.0600. The molecule has 0 saturated heterocycles. The molecule has 1 saturated carbocycles. The summed E-state index contributed by atoms with van der Waals surface area (Å²) in [5.41, 5.74) is 4.37. The topological polar surface area (TPSA) is 26.3 Å². The van der Waals surface area contributed by atoms with Crippen LogP contribution >= 0.6 is 0 Å². The molecule has 0 aromatic heterocycles. The van der Waals surface area contributed by atoms with Crippen molar-refractivity contribution in [2.24, 2.45) is 0 Å². The van der Waals surface area contributed by atoms with E-state index in [0.717, 1.165) is 35.1 Å². The summed E-state index contributed by atoms with van der Waals surface area (Å²) in [6.07, 6.45) is 3.88. The van der Waals surface area contributed by atoms with Gasteiger partial charge in [0.1, 0.15) is 5.82 Å². The summed E-state index contributed by atoms with van der Waals surface area (Å²) in [6.45, 7) is 3.78. The molecule has 0 atom stereocenters. The lowest BCUT2D eigenvalue weighted by Crippen LogP contribution is -2.05. The van der Waals surface area contributed by atoms with E-state index in [2.05, 4.69) is 6.58 Å². The molecule has 3 rings (SSSR count). The van der Waals surface area contributed by atoms with Crippen LogP contribution < -0.4 is 0 Å². The van der Waals surface area contributed by atoms with Crippen molar-refractivity contribution >= 4 is 12.0 Å². The third-order valence-electron chi connectivity index (χ3n) is 4.02. The number of methoxy groups -OCH3 is 1. The Bertz CT molecular complexity index is 728. The van der Waals surface area contributed by atoms with E-state index in [-0.39, 0.29) is 11.8 Å². The monoisotopic (exact) mass is 296 g/mol. The quantitative estimate of drug-likeness (QED) is 0.758. The van der Waals surface area contributed by atoms with Gasteiger partial charge in [0.15, 0.2) is 0 Å². The van der Waals surface area contributed by atoms with Crippen molar-refractivity contribution in [2.75, 3.05) is 7.11 Å². The van der Waals surface area contributed by atoms with Crippen LogP contribution in [0.1, 0.15) is 40.2 Å². The molecule has 3 heteroatoms. The Morgan fingerprint density at radius 2 is 1.95 bits per heavy atom. The number of halogens is 1. The summed E-state index contributed by atoms with van der Waals surface area (Å²) in [4.78, 5) is 12.0. The Kier molecular flexibility index (Phi) is 3.80. The summed E-state index contributed by atoms with van der Waals surface area (Å²) >= 11 is 0. The Labute approximate surface area is 129 Å². The minimum atomic E-state index is -0.359. The van der Waals surface area contributed by atoms with Crippen molar-refractivity contribution in [2.45, 2.75) is 18.8 Å². The molecule has 0 unspecified atom stereocenters. The number of rotatable bonds is 4. The molecule has 0 N–H and O–H groups in total. The number of carbonyl (C=O) groups excluding carboxylic acids is 1. The Morgan fingerprint density at radius 3 is 2.50 bits per heavy atom. The number of hydrogen-bond acceptors (Lipinski definition) is 2. The van der Waals surface area contributed by atoms with Gasteiger partial charge >= 0.3 is 5.97 Å². The van der Waals surface area contributed by atoms with Gasteiger partial charge in [-0.25, -0.2) is 9.18 Å². The first-order valence-electron chi connectivity index (χ1n) is 7.28. The molecular formula is C19H17FO2. The maximum absolute atomic E-state index is 13.2. The Balaban J connectivity index is 2.18. The fraction of sp³-hybridized carbons (Fsp3) is 0.211. The lowest BCUT2D eigenvalue weighted by atomic mass is 9.91. The summed E-state index contributed by atoms with van der Waals surface area (Å²) in [5, 5.41) is 0. The molecule has 2 aromatic rings. The Morgan fingerprint density at radius 1 is 1.27 bits per heavy atom. The lowest BCUT2D eigenvalue weighted by Gasteiger charge is -2.14. The molecule has 1 aliphatic rings. The first kappa shape index (κ1) is 14.5. The standard InChI is InChI=1S/C19H17FO2/c1-3-12-10-16(14-6-8-15(20)9-7-14)17(13-4-5-13)11-18(12)19(21)22-2/h3,6-11,13H,1,4-5H2,2H3. The van der Waals surface area contributed by atoms with Gasteiger partial charge in [-0.05, 0) is 65.3 Å². The molecule has 0 heterocycles. The highest BCUT2D eigenvalue weighted by Crippen LogP contribution is 2.45. The van der Waals surface area contributed by atoms with Crippen LogP contribution in [0.4, 0.5) is 4.39 Å². The number of benzene rings is 2. The highest BCUT2D eigenvalue weighted by atomic mass is 19.1. The summed E-state index contributed by atoms with van der Waals surface area (Å²) < 4.78 is 18.0. The molecule has 22 heavy (non-hydrogen) atoms. The van der Waals surface area contributed by atoms with E-state index < -0.39 is 0 Å². The molecule has 0 aliphatic heterocycles. The van der Waals surface area contributed by atoms with Crippen molar-refractivity contribution in [3.8, 4) is 11.1 Å². The highest BCUT2D eigenvalue weighted by Gasteiger charge is 2.28. The van der Waals surface area contributed by atoms with Crippen LogP contribution in [-0.2, 0) is 4.74 Å². The van der Waals surface area contributed by atoms with Gasteiger partial charge in [-0.15, -0.1) is 0 Å². The van der Waals surface area contributed by atoms with E-state index in [9.17, 15) is 9.18 Å². The predicted molar refractivity (Wildman–Crippen MR) is 85.2 cm³/mol. The first-order valence-corrected chi connectivity index (χ1v) is 7.28. The van der Waals surface area contributed by atoms with Crippen molar-refractivity contribution in [3.05, 3.63) is 65.5 Å². The van der Waals surface area contributed by atoms with Gasteiger partial charge in [-0.3, -0.25) is 0 Å². The summed E-state index contributed by atoms with van der Waals surface area (Å²) in [7, 11) is 1.37. The molecule has 0 spiro atoms. The van der Waals surface area contributed by atoms with Crippen LogP contribution in [0.25, 0.3) is 17.2 Å². The van der Waals surface area contributed by atoms with Crippen LogP contribution in [0.5, 0.6) is 0 Å². The van der Waals surface area contributed by atoms with Crippen LogP contribution in [0.2, 0.25) is 0 Å². The molecule has 0 amide bonds. The molecule has 0 radical (unpaired) electrons. The zero-order chi connectivity index (χ0) is 15.7. The molecular weight excluding hydrogens is 279 g/mol. The van der Waals surface area contributed by atoms with Crippen molar-refractivity contribution in [1.82, 2.24) is 0 Å². The maximum Gasteiger partial charge on any atom is 0.338 e. The van der Waals surface area contributed by atoms with Crippen LogP contribution in [0.15, 0.2) is 43.0 Å². The average Bonchev–Trinajstić information content (AvgIpc) is 3.38. The van der Waals surface area contributed by atoms with E-state index in [4.69, 9.17) is 4.74 Å². The van der Waals surface area contributed by atoms with Gasteiger partial charge < -0.3 is 4.74 Å². The third kappa shape index (κ3) is 2.67. The van der Waals surface area contributed by atoms with Crippen molar-refractivity contribution in [3.63, 3.8) is 0 Å². The van der Waals surface area contributed by atoms with Gasteiger partial charge in [0.05, 0.1) is 12.7 Å². The van der Waals surface area contributed by atoms with E-state index >= 15 is 0 Å². The van der Waals surface area contributed by atoms with Crippen LogP contribution in [0.3, 0.4) is 0 Å². The van der Waals surface area contributed by atoms with E-state index in [1.165, 1.54) is 19.2 Å². The van der Waals surface area contributed by atoms with Gasteiger partial charge in [-0.2, -0.15) is 0 Å². The maximum atomic E-state index is 13.2. The number of carbonyl (C=O) groups is 1. The van der Waals surface area contributed by atoms with E-state index in [1.54, 1.807) is 18.2 Å². The zero-order valence-electron chi connectivity index (χ0n) is 12.4. The van der Waals surface area contributed by atoms with Gasteiger partial charge in [0.2, 0.25) is 0 Å². The second-order valence-electron chi connectivity index (χ2n) is 5.50. The molecule has 2 nitrogen and oxygen atoms in total. The number of ether oxygens (including phenoxy) is 1. The second-order valence-corrected chi connectivity index (χ2v) is 5.50. The van der Waals surface area contributed by atoms with Crippen LogP contribution in [0, 0.1) is 5.82 Å². The molecule has 1 fully saturated rings. The smallest absolute Gasteiger partial charge is 0.338 e. The predicted octanol–water partition coefficient (Wildman–Crippen LogP) is 4.80. The van der Waals surface area contributed by atoms with Gasteiger partial charge in [-0.1, -0.05) is 24.8 Å². The Hall–Kier alpha value is -2.42. The molecule has 2 aromatic carbocycles. The molecule has 112 valence electrons. The summed E-state index contributed by atoms with van der Waals surface area (Å²) in [6, 6.07) is 10.3. The van der Waals surface area contributed by atoms with E-state index in [0.29, 0.717) is 11.5 Å². The fourth-order valence-corrected chi connectivity index (χ4v) is 2.70. The highest BCUT2D eigenvalue weighted by molar-refractivity contribution is 5.95. The minimum absolute atomic E-state index is 0.258. The van der Waals surface area contributed by atoms with Crippen molar-refractivity contribution in [1.29, 1.82) is 0 Å².